The highest BCUT2D eigenvalue weighted by Gasteiger charge is 2.32. The number of carbonyl (C=O) groups excluding carboxylic acids is 2. The predicted molar refractivity (Wildman–Crippen MR) is 144 cm³/mol. The van der Waals surface area contributed by atoms with Crippen LogP contribution >= 0.6 is 0 Å². The van der Waals surface area contributed by atoms with E-state index in [0.29, 0.717) is 24.5 Å². The lowest BCUT2D eigenvalue weighted by Crippen LogP contribution is -2.53. The van der Waals surface area contributed by atoms with Crippen LogP contribution in [-0.2, 0) is 26.2 Å². The normalized spacial score (nSPS) is 12.9. The van der Waals surface area contributed by atoms with Crippen LogP contribution in [0.4, 0.5) is 5.69 Å². The molecule has 0 aliphatic heterocycles. The van der Waals surface area contributed by atoms with Crippen LogP contribution in [0.15, 0.2) is 48.5 Å². The van der Waals surface area contributed by atoms with Gasteiger partial charge in [-0.25, -0.2) is 8.42 Å². The number of nitrogens with one attached hydrogen (secondary N) is 1. The molecule has 2 atom stereocenters. The van der Waals surface area contributed by atoms with Gasteiger partial charge >= 0.3 is 0 Å². The number of nitrogens with zero attached hydrogens (tertiary/aromatic N) is 2. The second kappa shape index (κ2) is 13.3. The van der Waals surface area contributed by atoms with Gasteiger partial charge < -0.3 is 15.0 Å². The molecule has 1 N–H and O–H groups in total. The van der Waals surface area contributed by atoms with Crippen molar-refractivity contribution in [3.05, 3.63) is 59.7 Å². The molecule has 9 heteroatoms. The van der Waals surface area contributed by atoms with Gasteiger partial charge in [0.25, 0.3) is 0 Å². The molecule has 0 spiro atoms. The van der Waals surface area contributed by atoms with Crippen LogP contribution in [0.1, 0.15) is 51.7 Å². The number of aryl methyl sites for hydroxylation is 1. The predicted octanol–water partition coefficient (Wildman–Crippen LogP) is 3.88. The zero-order valence-corrected chi connectivity index (χ0v) is 23.0. The first kappa shape index (κ1) is 29.2. The van der Waals surface area contributed by atoms with Crippen molar-refractivity contribution in [3.63, 3.8) is 0 Å². The molecule has 2 rings (SSSR count). The van der Waals surface area contributed by atoms with Crippen molar-refractivity contribution in [1.29, 1.82) is 0 Å². The number of anilines is 1. The first-order valence-electron chi connectivity index (χ1n) is 12.4. The molecule has 0 heterocycles. The van der Waals surface area contributed by atoms with Gasteiger partial charge in [-0.3, -0.25) is 13.9 Å². The Morgan fingerprint density at radius 2 is 1.58 bits per heavy atom. The lowest BCUT2D eigenvalue weighted by atomic mass is 10.1. The lowest BCUT2D eigenvalue weighted by Gasteiger charge is -2.33. The van der Waals surface area contributed by atoms with Crippen molar-refractivity contribution >= 4 is 27.5 Å². The average Bonchev–Trinajstić information content (AvgIpc) is 2.83. The molecule has 0 aromatic heterocycles. The zero-order chi connectivity index (χ0) is 26.9. The quantitative estimate of drug-likeness (QED) is 0.435. The largest absolute Gasteiger partial charge is 0.494 e. The van der Waals surface area contributed by atoms with Crippen molar-refractivity contribution in [1.82, 2.24) is 10.2 Å². The van der Waals surface area contributed by atoms with Crippen LogP contribution in [0.5, 0.6) is 5.75 Å². The summed E-state index contributed by atoms with van der Waals surface area (Å²) in [5.41, 5.74) is 2.29. The smallest absolute Gasteiger partial charge is 0.244 e. The lowest BCUT2D eigenvalue weighted by molar-refractivity contribution is -0.140. The Bertz CT molecular complexity index is 1100. The maximum Gasteiger partial charge on any atom is 0.244 e. The number of benzene rings is 2. The van der Waals surface area contributed by atoms with Crippen molar-refractivity contribution < 1.29 is 22.7 Å². The number of rotatable bonds is 13. The minimum atomic E-state index is -3.78. The highest BCUT2D eigenvalue weighted by Crippen LogP contribution is 2.23. The van der Waals surface area contributed by atoms with Crippen LogP contribution in [0.3, 0.4) is 0 Å². The van der Waals surface area contributed by atoms with Crippen molar-refractivity contribution in [2.24, 2.45) is 0 Å². The maximum absolute atomic E-state index is 13.7. The number of ether oxygens (including phenoxy) is 1. The summed E-state index contributed by atoms with van der Waals surface area (Å²) in [6.45, 7) is 9.81. The van der Waals surface area contributed by atoms with Crippen LogP contribution in [0.25, 0.3) is 0 Å². The monoisotopic (exact) mass is 517 g/mol. The third kappa shape index (κ3) is 8.26. The second-order valence-electron chi connectivity index (χ2n) is 8.95. The van der Waals surface area contributed by atoms with Gasteiger partial charge in [-0.05, 0) is 63.4 Å². The Morgan fingerprint density at radius 3 is 2.08 bits per heavy atom. The summed E-state index contributed by atoms with van der Waals surface area (Å²) in [4.78, 5) is 28.3. The molecule has 0 bridgehead atoms. The minimum absolute atomic E-state index is 0.0424. The fraction of sp³-hybridized carbons (Fsp3) is 0.481. The van der Waals surface area contributed by atoms with Gasteiger partial charge in [0.2, 0.25) is 21.8 Å². The van der Waals surface area contributed by atoms with E-state index in [1.165, 1.54) is 4.90 Å². The number of carbonyl (C=O) groups is 2. The van der Waals surface area contributed by atoms with Crippen LogP contribution in [0.2, 0.25) is 0 Å². The summed E-state index contributed by atoms with van der Waals surface area (Å²) in [6, 6.07) is 13.5. The fourth-order valence-corrected chi connectivity index (χ4v) is 4.59. The summed E-state index contributed by atoms with van der Waals surface area (Å²) in [5, 5.41) is 2.97. The molecule has 0 saturated heterocycles. The van der Waals surface area contributed by atoms with Crippen LogP contribution < -0.4 is 14.4 Å². The van der Waals surface area contributed by atoms with E-state index in [0.717, 1.165) is 28.1 Å². The van der Waals surface area contributed by atoms with E-state index < -0.39 is 28.5 Å². The van der Waals surface area contributed by atoms with E-state index in [-0.39, 0.29) is 18.5 Å². The Hall–Kier alpha value is -3.07. The van der Waals surface area contributed by atoms with Crippen molar-refractivity contribution in [2.75, 3.05) is 23.7 Å². The molecular formula is C27H39N3O5S. The van der Waals surface area contributed by atoms with Gasteiger partial charge in [0, 0.05) is 12.6 Å². The number of sulfonamides is 1. The van der Waals surface area contributed by atoms with E-state index >= 15 is 0 Å². The number of hydrogen-bond donors (Lipinski definition) is 1. The summed E-state index contributed by atoms with van der Waals surface area (Å²) < 4.78 is 31.9. The molecule has 0 radical (unpaired) electrons. The molecule has 0 aliphatic rings. The molecule has 0 fully saturated rings. The topological polar surface area (TPSA) is 96.0 Å². The van der Waals surface area contributed by atoms with Gasteiger partial charge in [-0.15, -0.1) is 0 Å². The number of amides is 2. The molecule has 2 amide bonds. The fourth-order valence-electron chi connectivity index (χ4n) is 3.74. The van der Waals surface area contributed by atoms with E-state index in [2.05, 4.69) is 5.32 Å². The molecule has 198 valence electrons. The van der Waals surface area contributed by atoms with Gasteiger partial charge in [0.05, 0.1) is 18.6 Å². The van der Waals surface area contributed by atoms with Gasteiger partial charge in [0.1, 0.15) is 18.3 Å². The Labute approximate surface area is 215 Å². The van der Waals surface area contributed by atoms with Gasteiger partial charge in [-0.2, -0.15) is 0 Å². The Morgan fingerprint density at radius 1 is 0.972 bits per heavy atom. The summed E-state index contributed by atoms with van der Waals surface area (Å²) in [5.74, 6) is -0.102. The third-order valence-corrected chi connectivity index (χ3v) is 7.12. The summed E-state index contributed by atoms with van der Waals surface area (Å²) in [6.07, 6.45) is 2.21. The number of hydrogen-bond acceptors (Lipinski definition) is 5. The molecule has 2 aromatic rings. The highest BCUT2D eigenvalue weighted by atomic mass is 32.2. The summed E-state index contributed by atoms with van der Waals surface area (Å²) >= 11 is 0. The standard InChI is InChI=1S/C27H39N3O5S/c1-7-21(5)28-27(32)25(8-2)29(18-22-12-10-20(4)11-13-22)26(31)19-30(36(6,33)34)23-14-16-24(17-15-23)35-9-3/h10-17,21,25H,7-9,18-19H2,1-6H3,(H,28,32). The van der Waals surface area contributed by atoms with Gasteiger partial charge in [0.15, 0.2) is 0 Å². The Kier molecular flexibility index (Phi) is 10.8. The first-order valence-corrected chi connectivity index (χ1v) is 14.2. The molecule has 8 nitrogen and oxygen atoms in total. The maximum atomic E-state index is 13.7. The molecule has 0 saturated carbocycles. The van der Waals surface area contributed by atoms with Crippen molar-refractivity contribution in [3.8, 4) is 5.75 Å². The summed E-state index contributed by atoms with van der Waals surface area (Å²) in [7, 11) is -3.78. The van der Waals surface area contributed by atoms with Gasteiger partial charge in [-0.1, -0.05) is 43.7 Å². The highest BCUT2D eigenvalue weighted by molar-refractivity contribution is 7.92. The van der Waals surface area contributed by atoms with E-state index in [1.807, 2.05) is 58.9 Å². The molecule has 2 unspecified atom stereocenters. The molecule has 2 aromatic carbocycles. The van der Waals surface area contributed by atoms with Crippen molar-refractivity contribution in [2.45, 2.75) is 66.1 Å². The zero-order valence-electron chi connectivity index (χ0n) is 22.2. The van der Waals surface area contributed by atoms with E-state index in [4.69, 9.17) is 4.74 Å². The second-order valence-corrected chi connectivity index (χ2v) is 10.9. The third-order valence-electron chi connectivity index (χ3n) is 5.98. The molecular weight excluding hydrogens is 478 g/mol. The molecule has 36 heavy (non-hydrogen) atoms. The SMILES string of the molecule is CCOc1ccc(N(CC(=O)N(Cc2ccc(C)cc2)C(CC)C(=O)NC(C)CC)S(C)(=O)=O)cc1. The average molecular weight is 518 g/mol. The molecule has 0 aliphatic carbocycles. The van der Waals surface area contributed by atoms with E-state index in [1.54, 1.807) is 24.3 Å². The minimum Gasteiger partial charge on any atom is -0.494 e. The van der Waals surface area contributed by atoms with E-state index in [9.17, 15) is 18.0 Å². The first-order chi connectivity index (χ1) is 17.0. The van der Waals surface area contributed by atoms with Crippen LogP contribution in [0, 0.1) is 6.92 Å². The van der Waals surface area contributed by atoms with Crippen LogP contribution in [-0.4, -0.2) is 56.6 Å². The Balaban J connectivity index is 2.41.